The summed E-state index contributed by atoms with van der Waals surface area (Å²) in [5.74, 6) is -5.47. The third-order valence-electron chi connectivity index (χ3n) is 2.52. The van der Waals surface area contributed by atoms with E-state index in [1.807, 2.05) is 0 Å². The molecule has 0 aliphatic carbocycles. The van der Waals surface area contributed by atoms with Crippen LogP contribution in [0.15, 0.2) is 0 Å². The van der Waals surface area contributed by atoms with Gasteiger partial charge < -0.3 is 0 Å². The standard InChI is InChI=1S/C9H15F5O2S/c1-3-7(2)17(15,16)6-4-5-8(10,11)9(12,13)14/h7H,3-6H2,1-2H3. The first-order chi connectivity index (χ1) is 7.44. The van der Waals surface area contributed by atoms with Crippen molar-refractivity contribution < 1.29 is 30.4 Å². The largest absolute Gasteiger partial charge is 0.453 e. The summed E-state index contributed by atoms with van der Waals surface area (Å²) < 4.78 is 83.0. The van der Waals surface area contributed by atoms with Crippen molar-refractivity contribution in [3.05, 3.63) is 0 Å². The monoisotopic (exact) mass is 282 g/mol. The molecular formula is C9H15F5O2S. The van der Waals surface area contributed by atoms with Crippen molar-refractivity contribution >= 4 is 9.84 Å². The minimum atomic E-state index is -5.62. The molecule has 0 saturated carbocycles. The van der Waals surface area contributed by atoms with Crippen molar-refractivity contribution in [1.82, 2.24) is 0 Å². The molecule has 0 aliphatic heterocycles. The lowest BCUT2D eigenvalue weighted by molar-refractivity contribution is -0.284. The molecule has 0 aromatic heterocycles. The molecule has 1 atom stereocenters. The van der Waals surface area contributed by atoms with Gasteiger partial charge in [-0.25, -0.2) is 8.42 Å². The SMILES string of the molecule is CCC(C)S(=O)(=O)CCCC(F)(F)C(F)(F)F. The lowest BCUT2D eigenvalue weighted by atomic mass is 10.2. The van der Waals surface area contributed by atoms with Gasteiger partial charge in [0.2, 0.25) is 0 Å². The minimum Gasteiger partial charge on any atom is -0.229 e. The Balaban J connectivity index is 4.35. The molecule has 0 rings (SSSR count). The van der Waals surface area contributed by atoms with E-state index in [0.717, 1.165) is 0 Å². The Morgan fingerprint density at radius 1 is 1.12 bits per heavy atom. The van der Waals surface area contributed by atoms with E-state index in [0.29, 0.717) is 6.42 Å². The molecule has 0 bridgehead atoms. The van der Waals surface area contributed by atoms with Crippen molar-refractivity contribution in [3.63, 3.8) is 0 Å². The van der Waals surface area contributed by atoms with Crippen LogP contribution in [-0.4, -0.2) is 31.5 Å². The Bertz CT molecular complexity index is 334. The summed E-state index contributed by atoms with van der Waals surface area (Å²) in [5.41, 5.74) is 0. The molecule has 0 fully saturated rings. The smallest absolute Gasteiger partial charge is 0.229 e. The molecule has 0 aromatic carbocycles. The summed E-state index contributed by atoms with van der Waals surface area (Å²) in [6.45, 7) is 3.00. The maximum atomic E-state index is 12.5. The molecule has 0 N–H and O–H groups in total. The van der Waals surface area contributed by atoms with Gasteiger partial charge in [-0.2, -0.15) is 22.0 Å². The van der Waals surface area contributed by atoms with Crippen LogP contribution in [0.4, 0.5) is 22.0 Å². The first-order valence-corrected chi connectivity index (χ1v) is 6.81. The van der Waals surface area contributed by atoms with Crippen LogP contribution in [0.3, 0.4) is 0 Å². The number of alkyl halides is 5. The molecule has 1 unspecified atom stereocenters. The highest BCUT2D eigenvalue weighted by atomic mass is 32.2. The molecule has 0 aromatic rings. The Morgan fingerprint density at radius 2 is 1.59 bits per heavy atom. The molecule has 0 saturated heterocycles. The van der Waals surface area contributed by atoms with Crippen LogP contribution in [0, 0.1) is 0 Å². The van der Waals surface area contributed by atoms with Crippen LogP contribution in [0.2, 0.25) is 0 Å². The third kappa shape index (κ3) is 4.77. The van der Waals surface area contributed by atoms with E-state index < -0.39 is 45.8 Å². The van der Waals surface area contributed by atoms with E-state index in [1.54, 1.807) is 6.92 Å². The first-order valence-electron chi connectivity index (χ1n) is 5.10. The fraction of sp³-hybridized carbons (Fsp3) is 1.00. The number of hydrogen-bond acceptors (Lipinski definition) is 2. The zero-order chi connectivity index (χ0) is 13.9. The molecule has 0 spiro atoms. The van der Waals surface area contributed by atoms with E-state index in [9.17, 15) is 30.4 Å². The van der Waals surface area contributed by atoms with E-state index in [1.165, 1.54) is 6.92 Å². The molecule has 17 heavy (non-hydrogen) atoms. The highest BCUT2D eigenvalue weighted by Gasteiger charge is 2.56. The topological polar surface area (TPSA) is 34.1 Å². The van der Waals surface area contributed by atoms with E-state index in [2.05, 4.69) is 0 Å². The van der Waals surface area contributed by atoms with Crippen LogP contribution < -0.4 is 0 Å². The molecule has 104 valence electrons. The third-order valence-corrected chi connectivity index (χ3v) is 4.94. The van der Waals surface area contributed by atoms with Gasteiger partial charge in [0, 0.05) is 6.42 Å². The van der Waals surface area contributed by atoms with E-state index in [4.69, 9.17) is 0 Å². The molecule has 0 heterocycles. The zero-order valence-electron chi connectivity index (χ0n) is 9.52. The average molecular weight is 282 g/mol. The van der Waals surface area contributed by atoms with Gasteiger partial charge in [0.15, 0.2) is 9.84 Å². The van der Waals surface area contributed by atoms with Crippen LogP contribution in [0.25, 0.3) is 0 Å². The number of hydrogen-bond donors (Lipinski definition) is 0. The van der Waals surface area contributed by atoms with Gasteiger partial charge in [0.1, 0.15) is 0 Å². The predicted octanol–water partition coefficient (Wildman–Crippen LogP) is 3.18. The maximum absolute atomic E-state index is 12.5. The van der Waals surface area contributed by atoms with Gasteiger partial charge in [-0.05, 0) is 19.8 Å². The zero-order valence-corrected chi connectivity index (χ0v) is 10.3. The fourth-order valence-corrected chi connectivity index (χ4v) is 2.55. The molecule has 0 aliphatic rings. The predicted molar refractivity (Wildman–Crippen MR) is 53.8 cm³/mol. The second-order valence-electron chi connectivity index (χ2n) is 3.89. The molecule has 0 amide bonds. The summed E-state index contributed by atoms with van der Waals surface area (Å²) in [4.78, 5) is 0. The lowest BCUT2D eigenvalue weighted by Gasteiger charge is -2.19. The van der Waals surface area contributed by atoms with E-state index in [-0.39, 0.29) is 0 Å². The lowest BCUT2D eigenvalue weighted by Crippen LogP contribution is -2.36. The molecule has 0 radical (unpaired) electrons. The highest BCUT2D eigenvalue weighted by Crippen LogP contribution is 2.38. The van der Waals surface area contributed by atoms with Crippen LogP contribution in [-0.2, 0) is 9.84 Å². The van der Waals surface area contributed by atoms with Crippen molar-refractivity contribution in [2.24, 2.45) is 0 Å². The summed E-state index contributed by atoms with van der Waals surface area (Å²) in [6.07, 6.45) is -7.50. The maximum Gasteiger partial charge on any atom is 0.453 e. The second kappa shape index (κ2) is 5.49. The Hall–Kier alpha value is -0.400. The summed E-state index contributed by atoms with van der Waals surface area (Å²) in [5, 5.41) is -0.720. The minimum absolute atomic E-state index is 0.304. The van der Waals surface area contributed by atoms with Gasteiger partial charge in [-0.1, -0.05) is 6.92 Å². The van der Waals surface area contributed by atoms with Crippen molar-refractivity contribution in [1.29, 1.82) is 0 Å². The number of sulfone groups is 1. The van der Waals surface area contributed by atoms with Crippen molar-refractivity contribution in [2.45, 2.75) is 50.5 Å². The fourth-order valence-electron chi connectivity index (χ4n) is 1.09. The second-order valence-corrected chi connectivity index (χ2v) is 6.43. The Kier molecular flexibility index (Phi) is 5.37. The van der Waals surface area contributed by atoms with Gasteiger partial charge in [-0.3, -0.25) is 0 Å². The van der Waals surface area contributed by atoms with Crippen molar-refractivity contribution in [2.75, 3.05) is 5.75 Å². The van der Waals surface area contributed by atoms with Gasteiger partial charge >= 0.3 is 12.1 Å². The van der Waals surface area contributed by atoms with Crippen LogP contribution in [0.5, 0.6) is 0 Å². The molecular weight excluding hydrogens is 267 g/mol. The first kappa shape index (κ1) is 16.6. The Labute approximate surface area is 97.1 Å². The number of rotatable bonds is 6. The van der Waals surface area contributed by atoms with Crippen molar-refractivity contribution in [3.8, 4) is 0 Å². The molecule has 8 heteroatoms. The normalized spacial score (nSPS) is 15.9. The summed E-state index contributed by atoms with van der Waals surface area (Å²) >= 11 is 0. The highest BCUT2D eigenvalue weighted by molar-refractivity contribution is 7.91. The molecule has 2 nitrogen and oxygen atoms in total. The van der Waals surface area contributed by atoms with E-state index >= 15 is 0 Å². The van der Waals surface area contributed by atoms with Gasteiger partial charge in [-0.15, -0.1) is 0 Å². The quantitative estimate of drug-likeness (QED) is 0.701. The summed E-state index contributed by atoms with van der Waals surface area (Å²) in [7, 11) is -3.58. The number of halogens is 5. The van der Waals surface area contributed by atoms with Crippen LogP contribution >= 0.6 is 0 Å². The van der Waals surface area contributed by atoms with Gasteiger partial charge in [0.25, 0.3) is 0 Å². The Morgan fingerprint density at radius 3 is 1.94 bits per heavy atom. The average Bonchev–Trinajstić information content (AvgIpc) is 2.13. The van der Waals surface area contributed by atoms with Gasteiger partial charge in [0.05, 0.1) is 11.0 Å². The summed E-state index contributed by atoms with van der Waals surface area (Å²) in [6, 6.07) is 0. The van der Waals surface area contributed by atoms with Crippen LogP contribution in [0.1, 0.15) is 33.1 Å².